The van der Waals surface area contributed by atoms with Gasteiger partial charge < -0.3 is 5.32 Å². The number of hydrogen-bond acceptors (Lipinski definition) is 1. The van der Waals surface area contributed by atoms with Crippen molar-refractivity contribution in [3.8, 4) is 0 Å². The summed E-state index contributed by atoms with van der Waals surface area (Å²) in [6.45, 7) is 1.98. The Balaban J connectivity index is 3.09. The van der Waals surface area contributed by atoms with E-state index in [0.29, 0.717) is 5.56 Å². The lowest BCUT2D eigenvalue weighted by Gasteiger charge is -2.02. The minimum absolute atomic E-state index is 0.0677. The summed E-state index contributed by atoms with van der Waals surface area (Å²) in [5, 5.41) is 2.57. The number of benzene rings is 1. The van der Waals surface area contributed by atoms with E-state index >= 15 is 0 Å². The van der Waals surface area contributed by atoms with E-state index in [4.69, 9.17) is 0 Å². The zero-order valence-corrected chi connectivity index (χ0v) is 8.60. The standard InChI is InChI=1S/C9H10BrNO/c1-6-3-4-7(8(10)5-6)9(12)11-2/h3-5H,1-2H3,(H,11,12). The quantitative estimate of drug-likeness (QED) is 0.783. The molecule has 0 radical (unpaired) electrons. The van der Waals surface area contributed by atoms with Crippen LogP contribution < -0.4 is 5.32 Å². The predicted molar refractivity (Wildman–Crippen MR) is 52.3 cm³/mol. The number of hydrogen-bond donors (Lipinski definition) is 1. The fraction of sp³-hybridized carbons (Fsp3) is 0.222. The Morgan fingerprint density at radius 3 is 2.67 bits per heavy atom. The number of amides is 1. The smallest absolute Gasteiger partial charge is 0.252 e. The van der Waals surface area contributed by atoms with Gasteiger partial charge in [-0.15, -0.1) is 0 Å². The number of halogens is 1. The van der Waals surface area contributed by atoms with Crippen molar-refractivity contribution < 1.29 is 4.79 Å². The van der Waals surface area contributed by atoms with Gasteiger partial charge in [-0.3, -0.25) is 4.79 Å². The molecule has 2 nitrogen and oxygen atoms in total. The largest absolute Gasteiger partial charge is 0.355 e. The van der Waals surface area contributed by atoms with Gasteiger partial charge in [0.1, 0.15) is 0 Å². The van der Waals surface area contributed by atoms with Crippen LogP contribution in [0.1, 0.15) is 15.9 Å². The average molecular weight is 228 g/mol. The van der Waals surface area contributed by atoms with Gasteiger partial charge in [-0.25, -0.2) is 0 Å². The number of rotatable bonds is 1. The molecule has 1 aromatic carbocycles. The van der Waals surface area contributed by atoms with E-state index in [1.54, 1.807) is 13.1 Å². The molecule has 0 aliphatic carbocycles. The van der Waals surface area contributed by atoms with Gasteiger partial charge in [0.25, 0.3) is 5.91 Å². The molecular weight excluding hydrogens is 218 g/mol. The zero-order valence-electron chi connectivity index (χ0n) is 7.02. The zero-order chi connectivity index (χ0) is 9.14. The van der Waals surface area contributed by atoms with Crippen LogP contribution in [0.3, 0.4) is 0 Å². The van der Waals surface area contributed by atoms with Crippen molar-refractivity contribution in [1.82, 2.24) is 5.32 Å². The highest BCUT2D eigenvalue weighted by molar-refractivity contribution is 9.10. The van der Waals surface area contributed by atoms with Crippen LogP contribution in [0.25, 0.3) is 0 Å². The molecule has 0 unspecified atom stereocenters. The lowest BCUT2D eigenvalue weighted by molar-refractivity contribution is 0.0962. The summed E-state index contributed by atoms with van der Waals surface area (Å²) in [5.41, 5.74) is 1.80. The SMILES string of the molecule is CNC(=O)c1ccc(C)cc1Br. The first-order chi connectivity index (χ1) is 5.65. The van der Waals surface area contributed by atoms with Crippen LogP contribution >= 0.6 is 15.9 Å². The van der Waals surface area contributed by atoms with Crippen LogP contribution in [0.5, 0.6) is 0 Å². The number of aryl methyl sites for hydroxylation is 1. The number of carbonyl (C=O) groups excluding carboxylic acids is 1. The van der Waals surface area contributed by atoms with Crippen molar-refractivity contribution in [3.05, 3.63) is 33.8 Å². The number of carbonyl (C=O) groups is 1. The van der Waals surface area contributed by atoms with Crippen molar-refractivity contribution in [3.63, 3.8) is 0 Å². The van der Waals surface area contributed by atoms with Crippen molar-refractivity contribution in [2.75, 3.05) is 7.05 Å². The Kier molecular flexibility index (Phi) is 2.87. The predicted octanol–water partition coefficient (Wildman–Crippen LogP) is 2.12. The third-order valence-electron chi connectivity index (χ3n) is 1.60. The molecule has 0 spiro atoms. The molecule has 0 atom stereocenters. The van der Waals surface area contributed by atoms with Gasteiger partial charge in [0.2, 0.25) is 0 Å². The monoisotopic (exact) mass is 227 g/mol. The fourth-order valence-electron chi connectivity index (χ4n) is 0.939. The van der Waals surface area contributed by atoms with E-state index in [9.17, 15) is 4.79 Å². The maximum Gasteiger partial charge on any atom is 0.252 e. The molecule has 64 valence electrons. The fourth-order valence-corrected chi connectivity index (χ4v) is 1.61. The second-order valence-corrected chi connectivity index (χ2v) is 3.42. The summed E-state index contributed by atoms with van der Waals surface area (Å²) in [5.74, 6) is -0.0677. The van der Waals surface area contributed by atoms with Gasteiger partial charge in [0, 0.05) is 11.5 Å². The molecule has 0 aliphatic rings. The Hall–Kier alpha value is -0.830. The summed E-state index contributed by atoms with van der Waals surface area (Å²) in [7, 11) is 1.62. The minimum atomic E-state index is -0.0677. The molecule has 1 amide bonds. The topological polar surface area (TPSA) is 29.1 Å². The third kappa shape index (κ3) is 1.85. The Morgan fingerprint density at radius 2 is 2.17 bits per heavy atom. The molecular formula is C9H10BrNO. The Labute approximate surface area is 80.1 Å². The summed E-state index contributed by atoms with van der Waals surface area (Å²) in [4.78, 5) is 11.2. The lowest BCUT2D eigenvalue weighted by Crippen LogP contribution is -2.18. The normalized spacial score (nSPS) is 9.58. The van der Waals surface area contributed by atoms with Gasteiger partial charge in [0.15, 0.2) is 0 Å². The maximum absolute atomic E-state index is 11.2. The van der Waals surface area contributed by atoms with Gasteiger partial charge in [-0.05, 0) is 40.5 Å². The van der Waals surface area contributed by atoms with Crippen LogP contribution in [0.2, 0.25) is 0 Å². The summed E-state index contributed by atoms with van der Waals surface area (Å²) < 4.78 is 0.835. The molecule has 1 aromatic rings. The molecule has 0 bridgehead atoms. The van der Waals surface area contributed by atoms with E-state index < -0.39 is 0 Å². The maximum atomic E-state index is 11.2. The van der Waals surface area contributed by atoms with Gasteiger partial charge in [-0.1, -0.05) is 6.07 Å². The molecule has 3 heteroatoms. The average Bonchev–Trinajstić information content (AvgIpc) is 2.03. The van der Waals surface area contributed by atoms with Crippen molar-refractivity contribution in [1.29, 1.82) is 0 Å². The van der Waals surface area contributed by atoms with E-state index in [1.165, 1.54) is 0 Å². The molecule has 1 rings (SSSR count). The molecule has 0 saturated carbocycles. The first kappa shape index (κ1) is 9.26. The van der Waals surface area contributed by atoms with Gasteiger partial charge in [-0.2, -0.15) is 0 Å². The first-order valence-corrected chi connectivity index (χ1v) is 4.42. The molecule has 0 saturated heterocycles. The summed E-state index contributed by atoms with van der Waals surface area (Å²) in [6, 6.07) is 5.64. The highest BCUT2D eigenvalue weighted by Gasteiger charge is 2.06. The molecule has 0 fully saturated rings. The molecule has 0 aromatic heterocycles. The van der Waals surface area contributed by atoms with Crippen LogP contribution in [0.15, 0.2) is 22.7 Å². The summed E-state index contributed by atoms with van der Waals surface area (Å²) in [6.07, 6.45) is 0. The lowest BCUT2D eigenvalue weighted by atomic mass is 10.1. The second kappa shape index (κ2) is 3.72. The Morgan fingerprint density at radius 1 is 1.50 bits per heavy atom. The molecule has 1 N–H and O–H groups in total. The first-order valence-electron chi connectivity index (χ1n) is 3.63. The van der Waals surface area contributed by atoms with Gasteiger partial charge in [0.05, 0.1) is 5.56 Å². The number of nitrogens with one attached hydrogen (secondary N) is 1. The molecule has 0 heterocycles. The second-order valence-electron chi connectivity index (χ2n) is 2.56. The molecule has 0 aliphatic heterocycles. The van der Waals surface area contributed by atoms with Crippen LogP contribution in [-0.2, 0) is 0 Å². The van der Waals surface area contributed by atoms with Crippen LogP contribution in [0.4, 0.5) is 0 Å². The highest BCUT2D eigenvalue weighted by Crippen LogP contribution is 2.17. The van der Waals surface area contributed by atoms with E-state index in [1.807, 2.05) is 19.1 Å². The van der Waals surface area contributed by atoms with E-state index in [0.717, 1.165) is 10.0 Å². The Bertz CT molecular complexity index is 309. The molecule has 12 heavy (non-hydrogen) atoms. The van der Waals surface area contributed by atoms with Gasteiger partial charge >= 0.3 is 0 Å². The minimum Gasteiger partial charge on any atom is -0.355 e. The van der Waals surface area contributed by atoms with Crippen molar-refractivity contribution >= 4 is 21.8 Å². The van der Waals surface area contributed by atoms with Crippen molar-refractivity contribution in [2.45, 2.75) is 6.92 Å². The van der Waals surface area contributed by atoms with Crippen LogP contribution in [-0.4, -0.2) is 13.0 Å². The summed E-state index contributed by atoms with van der Waals surface area (Å²) >= 11 is 3.33. The third-order valence-corrected chi connectivity index (χ3v) is 2.25. The van der Waals surface area contributed by atoms with Crippen LogP contribution in [0, 0.1) is 6.92 Å². The van der Waals surface area contributed by atoms with Crippen molar-refractivity contribution in [2.24, 2.45) is 0 Å². The van der Waals surface area contributed by atoms with E-state index in [-0.39, 0.29) is 5.91 Å². The van der Waals surface area contributed by atoms with E-state index in [2.05, 4.69) is 21.2 Å². The highest BCUT2D eigenvalue weighted by atomic mass is 79.9.